The Balaban J connectivity index is 1.76. The van der Waals surface area contributed by atoms with Gasteiger partial charge in [0.1, 0.15) is 11.8 Å². The Kier molecular flexibility index (Phi) is 3.32. The van der Waals surface area contributed by atoms with Gasteiger partial charge in [0.25, 0.3) is 0 Å². The largest absolute Gasteiger partial charge is 0.495 e. The average molecular weight is 335 g/mol. The van der Waals surface area contributed by atoms with Crippen molar-refractivity contribution in [3.63, 3.8) is 0 Å². The van der Waals surface area contributed by atoms with E-state index in [1.165, 1.54) is 11.3 Å². The number of hydrogen-bond donors (Lipinski definition) is 1. The summed E-state index contributed by atoms with van der Waals surface area (Å²) in [6, 6.07) is 11.8. The van der Waals surface area contributed by atoms with Gasteiger partial charge >= 0.3 is 0 Å². The van der Waals surface area contributed by atoms with E-state index >= 15 is 0 Å². The van der Waals surface area contributed by atoms with Gasteiger partial charge in [0, 0.05) is 12.6 Å². The van der Waals surface area contributed by atoms with E-state index in [1.807, 2.05) is 22.8 Å². The van der Waals surface area contributed by atoms with E-state index in [4.69, 9.17) is 10.5 Å². The Bertz CT molecular complexity index is 1110. The molecule has 0 aliphatic carbocycles. The number of nitriles is 1. The molecule has 2 heterocycles. The highest BCUT2D eigenvalue weighted by Crippen LogP contribution is 2.27. The van der Waals surface area contributed by atoms with Crippen LogP contribution in [0.25, 0.3) is 21.3 Å². The summed E-state index contributed by atoms with van der Waals surface area (Å²) in [6.07, 6.45) is 1.77. The van der Waals surface area contributed by atoms with Crippen LogP contribution in [0.3, 0.4) is 0 Å². The summed E-state index contributed by atoms with van der Waals surface area (Å²) >= 11 is 1.48. The van der Waals surface area contributed by atoms with Gasteiger partial charge in [-0.05, 0) is 23.8 Å². The molecular weight excluding hydrogens is 322 g/mol. The maximum Gasteiger partial charge on any atom is 0.181 e. The van der Waals surface area contributed by atoms with Gasteiger partial charge in [0.05, 0.1) is 40.3 Å². The van der Waals surface area contributed by atoms with Crippen molar-refractivity contribution < 1.29 is 4.74 Å². The van der Waals surface area contributed by atoms with Crippen LogP contribution in [-0.4, -0.2) is 21.6 Å². The number of nitrogens with zero attached hydrogens (tertiary/aromatic N) is 4. The van der Waals surface area contributed by atoms with E-state index in [0.29, 0.717) is 23.0 Å². The van der Waals surface area contributed by atoms with Crippen LogP contribution in [0, 0.1) is 11.3 Å². The van der Waals surface area contributed by atoms with Crippen molar-refractivity contribution >= 4 is 37.7 Å². The fraction of sp³-hybridized carbons (Fsp3) is 0.118. The third-order valence-corrected chi connectivity index (χ3v) is 4.73. The SMILES string of the molecule is COc1cc2ncn(Cc3ccc4nc(N)sc4c3)c2cc1C#N. The molecule has 2 aromatic carbocycles. The van der Waals surface area contributed by atoms with Crippen LogP contribution in [-0.2, 0) is 6.54 Å². The van der Waals surface area contributed by atoms with Crippen LogP contribution < -0.4 is 10.5 Å². The summed E-state index contributed by atoms with van der Waals surface area (Å²) in [5.41, 5.74) is 9.99. The normalized spacial score (nSPS) is 11.0. The predicted molar refractivity (Wildman–Crippen MR) is 94.1 cm³/mol. The van der Waals surface area contributed by atoms with Crippen molar-refractivity contribution in [2.75, 3.05) is 12.8 Å². The van der Waals surface area contributed by atoms with Gasteiger partial charge < -0.3 is 15.0 Å². The van der Waals surface area contributed by atoms with Crippen LogP contribution in [0.1, 0.15) is 11.1 Å². The van der Waals surface area contributed by atoms with Crippen molar-refractivity contribution in [3.8, 4) is 11.8 Å². The van der Waals surface area contributed by atoms with E-state index in [1.54, 1.807) is 19.5 Å². The molecule has 0 saturated carbocycles. The molecular formula is C17H13N5OS. The number of benzene rings is 2. The van der Waals surface area contributed by atoms with Crippen LogP contribution >= 0.6 is 11.3 Å². The maximum absolute atomic E-state index is 9.27. The first-order valence-corrected chi connectivity index (χ1v) is 8.07. The van der Waals surface area contributed by atoms with E-state index in [0.717, 1.165) is 26.8 Å². The molecule has 0 fully saturated rings. The summed E-state index contributed by atoms with van der Waals surface area (Å²) in [5, 5.41) is 9.84. The van der Waals surface area contributed by atoms with Crippen LogP contribution in [0.2, 0.25) is 0 Å². The minimum absolute atomic E-state index is 0.498. The lowest BCUT2D eigenvalue weighted by Gasteiger charge is -2.07. The van der Waals surface area contributed by atoms with Gasteiger partial charge in [-0.3, -0.25) is 0 Å². The van der Waals surface area contributed by atoms with Gasteiger partial charge in [-0.1, -0.05) is 17.4 Å². The number of rotatable bonds is 3. The number of nitrogens with two attached hydrogens (primary N) is 1. The predicted octanol–water partition coefficient (Wildman–Crippen LogP) is 3.16. The van der Waals surface area contributed by atoms with Crippen molar-refractivity contribution in [3.05, 3.63) is 47.8 Å². The molecule has 2 N–H and O–H groups in total. The van der Waals surface area contributed by atoms with E-state index < -0.39 is 0 Å². The molecule has 0 bridgehead atoms. The smallest absolute Gasteiger partial charge is 0.181 e. The van der Waals surface area contributed by atoms with Gasteiger partial charge in [-0.25, -0.2) is 9.97 Å². The lowest BCUT2D eigenvalue weighted by atomic mass is 10.1. The van der Waals surface area contributed by atoms with Crippen molar-refractivity contribution in [1.82, 2.24) is 14.5 Å². The Morgan fingerprint density at radius 3 is 2.96 bits per heavy atom. The third kappa shape index (κ3) is 2.33. The third-order valence-electron chi connectivity index (χ3n) is 3.89. The number of hydrogen-bond acceptors (Lipinski definition) is 6. The zero-order valence-corrected chi connectivity index (χ0v) is 13.7. The number of fused-ring (bicyclic) bond motifs is 2. The van der Waals surface area contributed by atoms with Crippen LogP contribution in [0.4, 0.5) is 5.13 Å². The fourth-order valence-electron chi connectivity index (χ4n) is 2.75. The number of methoxy groups -OCH3 is 1. The van der Waals surface area contributed by atoms with Crippen LogP contribution in [0.15, 0.2) is 36.7 Å². The lowest BCUT2D eigenvalue weighted by molar-refractivity contribution is 0.414. The quantitative estimate of drug-likeness (QED) is 0.621. The molecule has 0 aliphatic heterocycles. The molecule has 4 rings (SSSR count). The zero-order valence-electron chi connectivity index (χ0n) is 12.9. The first-order chi connectivity index (χ1) is 11.7. The van der Waals surface area contributed by atoms with Gasteiger partial charge in [0.2, 0.25) is 0 Å². The van der Waals surface area contributed by atoms with Gasteiger partial charge in [-0.15, -0.1) is 0 Å². The topological polar surface area (TPSA) is 89.8 Å². The van der Waals surface area contributed by atoms with E-state index in [9.17, 15) is 5.26 Å². The molecule has 0 radical (unpaired) electrons. The van der Waals surface area contributed by atoms with Crippen molar-refractivity contribution in [2.45, 2.75) is 6.54 Å². The lowest BCUT2D eigenvalue weighted by Crippen LogP contribution is -1.98. The molecule has 7 heteroatoms. The van der Waals surface area contributed by atoms with E-state index in [2.05, 4.69) is 22.1 Å². The Labute approximate surface area is 141 Å². The number of imidazole rings is 1. The molecule has 0 unspecified atom stereocenters. The summed E-state index contributed by atoms with van der Waals surface area (Å²) in [6.45, 7) is 0.654. The molecule has 2 aromatic heterocycles. The van der Waals surface area contributed by atoms with Crippen molar-refractivity contribution in [2.24, 2.45) is 0 Å². The first kappa shape index (κ1) is 14.5. The average Bonchev–Trinajstić information content (AvgIpc) is 3.15. The molecule has 0 amide bonds. The molecule has 0 saturated heterocycles. The maximum atomic E-state index is 9.27. The van der Waals surface area contributed by atoms with Crippen LogP contribution in [0.5, 0.6) is 5.75 Å². The summed E-state index contributed by atoms with van der Waals surface area (Å²) in [4.78, 5) is 8.68. The minimum atomic E-state index is 0.498. The number of nitrogen functional groups attached to an aromatic ring is 1. The van der Waals surface area contributed by atoms with Gasteiger partial charge in [-0.2, -0.15) is 5.26 Å². The second-order valence-corrected chi connectivity index (χ2v) is 6.44. The van der Waals surface area contributed by atoms with Crippen molar-refractivity contribution in [1.29, 1.82) is 5.26 Å². The standard InChI is InChI=1S/C17H13N5OS/c1-23-15-6-13-14(5-11(15)7-18)22(9-20-13)8-10-2-3-12-16(4-10)24-17(19)21-12/h2-6,9H,8H2,1H3,(H2,19,21). The zero-order chi connectivity index (χ0) is 16.7. The number of aromatic nitrogens is 3. The molecule has 0 atom stereocenters. The molecule has 0 spiro atoms. The number of anilines is 1. The molecule has 0 aliphatic rings. The minimum Gasteiger partial charge on any atom is -0.495 e. The highest BCUT2D eigenvalue weighted by Gasteiger charge is 2.10. The second kappa shape index (κ2) is 5.51. The molecule has 4 aromatic rings. The summed E-state index contributed by atoms with van der Waals surface area (Å²) in [7, 11) is 1.55. The second-order valence-electron chi connectivity index (χ2n) is 5.38. The summed E-state index contributed by atoms with van der Waals surface area (Å²) < 4.78 is 8.31. The molecule has 24 heavy (non-hydrogen) atoms. The molecule has 6 nitrogen and oxygen atoms in total. The summed E-state index contributed by atoms with van der Waals surface area (Å²) in [5.74, 6) is 0.539. The van der Waals surface area contributed by atoms with Gasteiger partial charge in [0.15, 0.2) is 5.13 Å². The highest BCUT2D eigenvalue weighted by molar-refractivity contribution is 7.22. The Morgan fingerprint density at radius 2 is 2.17 bits per heavy atom. The monoisotopic (exact) mass is 335 g/mol. The molecule has 118 valence electrons. The Morgan fingerprint density at radius 1 is 1.29 bits per heavy atom. The Hall–Kier alpha value is -3.11. The number of thiazole rings is 1. The fourth-order valence-corrected chi connectivity index (χ4v) is 3.55. The number of ether oxygens (including phenoxy) is 1. The first-order valence-electron chi connectivity index (χ1n) is 7.26. The highest BCUT2D eigenvalue weighted by atomic mass is 32.1. The van der Waals surface area contributed by atoms with E-state index in [-0.39, 0.29) is 0 Å².